The molecule has 1 rings (SSSR count). The molecule has 104 valence electrons. The third kappa shape index (κ3) is 3.71. The van der Waals surface area contributed by atoms with Crippen molar-refractivity contribution >= 4 is 21.5 Å². The van der Waals surface area contributed by atoms with Crippen molar-refractivity contribution in [2.45, 2.75) is 19.6 Å². The van der Waals surface area contributed by atoms with Gasteiger partial charge in [-0.3, -0.25) is 19.9 Å². The maximum atomic E-state index is 11.5. The average molecular weight is 288 g/mol. The lowest BCUT2D eigenvalue weighted by molar-refractivity contribution is -0.386. The summed E-state index contributed by atoms with van der Waals surface area (Å²) in [6.07, 6.45) is 1.21. The molecule has 0 spiro atoms. The van der Waals surface area contributed by atoms with Gasteiger partial charge in [0.2, 0.25) is 0 Å². The second-order valence-electron chi connectivity index (χ2n) is 4.04. The van der Waals surface area contributed by atoms with E-state index in [-0.39, 0.29) is 16.9 Å². The Bertz CT molecular complexity index is 638. The maximum absolute atomic E-state index is 11.5. The molecule has 1 heterocycles. The van der Waals surface area contributed by atoms with Crippen LogP contribution in [0.3, 0.4) is 0 Å². The number of aliphatic carboxylic acids is 1. The number of sulfone groups is 1. The molecule has 0 aromatic carbocycles. The first-order valence-corrected chi connectivity index (χ1v) is 6.98. The number of hydrogen-bond donors (Lipinski definition) is 1. The zero-order valence-electron chi connectivity index (χ0n) is 10.3. The first kappa shape index (κ1) is 15.0. The fourth-order valence-electron chi connectivity index (χ4n) is 1.64. The molecule has 0 aliphatic heterocycles. The summed E-state index contributed by atoms with van der Waals surface area (Å²) in [4.78, 5) is 24.5. The molecule has 19 heavy (non-hydrogen) atoms. The molecule has 0 radical (unpaired) electrons. The van der Waals surface area contributed by atoms with Crippen molar-refractivity contribution in [3.05, 3.63) is 33.1 Å². The summed E-state index contributed by atoms with van der Waals surface area (Å²) in [5.74, 6) is -3.14. The van der Waals surface area contributed by atoms with Crippen molar-refractivity contribution in [3.63, 3.8) is 0 Å². The van der Waals surface area contributed by atoms with Crippen LogP contribution in [0.5, 0.6) is 0 Å². The molecule has 0 aliphatic carbocycles. The highest BCUT2D eigenvalue weighted by atomic mass is 32.2. The lowest BCUT2D eigenvalue weighted by Crippen LogP contribution is -2.18. The lowest BCUT2D eigenvalue weighted by atomic mass is 10.1. The molecule has 9 heteroatoms. The Kier molecular flexibility index (Phi) is 4.20. The SMILES string of the molecule is Cc1cnc(CS(=O)(=O)CC(=O)O)c(C)c1[N+](=O)[O-]. The summed E-state index contributed by atoms with van der Waals surface area (Å²) in [7, 11) is -3.90. The zero-order valence-corrected chi connectivity index (χ0v) is 11.1. The van der Waals surface area contributed by atoms with Crippen LogP contribution in [0, 0.1) is 24.0 Å². The van der Waals surface area contributed by atoms with Gasteiger partial charge in [0.1, 0.15) is 5.75 Å². The Labute approximate surface area is 109 Å². The van der Waals surface area contributed by atoms with Crippen molar-refractivity contribution in [3.8, 4) is 0 Å². The largest absolute Gasteiger partial charge is 0.480 e. The molecule has 0 amide bonds. The molecule has 1 aromatic rings. The first-order valence-electron chi connectivity index (χ1n) is 5.15. The molecule has 1 aromatic heterocycles. The fourth-order valence-corrected chi connectivity index (χ4v) is 2.83. The van der Waals surface area contributed by atoms with Crippen molar-refractivity contribution < 1.29 is 23.2 Å². The number of aryl methyl sites for hydroxylation is 1. The van der Waals surface area contributed by atoms with Gasteiger partial charge in [-0.25, -0.2) is 8.42 Å². The minimum absolute atomic E-state index is 0.00134. The van der Waals surface area contributed by atoms with Crippen LogP contribution in [0.15, 0.2) is 6.20 Å². The smallest absolute Gasteiger partial charge is 0.318 e. The van der Waals surface area contributed by atoms with Crippen molar-refractivity contribution in [2.75, 3.05) is 5.75 Å². The van der Waals surface area contributed by atoms with E-state index in [2.05, 4.69) is 4.98 Å². The quantitative estimate of drug-likeness (QED) is 0.620. The van der Waals surface area contributed by atoms with Gasteiger partial charge >= 0.3 is 5.97 Å². The molecule has 1 N–H and O–H groups in total. The van der Waals surface area contributed by atoms with Gasteiger partial charge in [0.05, 0.1) is 16.4 Å². The number of aromatic nitrogens is 1. The third-order valence-corrected chi connectivity index (χ3v) is 3.86. The minimum atomic E-state index is -3.90. The van der Waals surface area contributed by atoms with Crippen LogP contribution in [-0.2, 0) is 20.4 Å². The molecule has 0 atom stereocenters. The van der Waals surface area contributed by atoms with E-state index < -0.39 is 32.2 Å². The third-order valence-electron chi connectivity index (χ3n) is 2.46. The number of carbonyl (C=O) groups is 1. The Hall–Kier alpha value is -2.03. The monoisotopic (exact) mass is 288 g/mol. The molecule has 0 bridgehead atoms. The van der Waals surface area contributed by atoms with E-state index in [1.54, 1.807) is 0 Å². The number of carboxylic acids is 1. The van der Waals surface area contributed by atoms with Crippen LogP contribution in [0.25, 0.3) is 0 Å². The van der Waals surface area contributed by atoms with Gasteiger partial charge in [0.15, 0.2) is 9.84 Å². The molecule has 0 unspecified atom stereocenters. The lowest BCUT2D eigenvalue weighted by Gasteiger charge is -2.07. The van der Waals surface area contributed by atoms with Crippen LogP contribution in [-0.4, -0.2) is 35.2 Å². The van der Waals surface area contributed by atoms with Gasteiger partial charge in [-0.15, -0.1) is 0 Å². The van der Waals surface area contributed by atoms with E-state index in [4.69, 9.17) is 5.11 Å². The summed E-state index contributed by atoms with van der Waals surface area (Å²) in [5.41, 5.74) is 0.259. The number of hydrogen-bond acceptors (Lipinski definition) is 6. The predicted molar refractivity (Wildman–Crippen MR) is 65.5 cm³/mol. The van der Waals surface area contributed by atoms with Crippen LogP contribution >= 0.6 is 0 Å². The Morgan fingerprint density at radius 1 is 1.47 bits per heavy atom. The molecule has 0 fully saturated rings. The van der Waals surface area contributed by atoms with E-state index in [1.165, 1.54) is 20.0 Å². The fraction of sp³-hybridized carbons (Fsp3) is 0.400. The zero-order chi connectivity index (χ0) is 14.8. The maximum Gasteiger partial charge on any atom is 0.318 e. The van der Waals surface area contributed by atoms with Gasteiger partial charge in [0.25, 0.3) is 5.69 Å². The van der Waals surface area contributed by atoms with E-state index in [1.807, 2.05) is 0 Å². The molecule has 0 saturated carbocycles. The van der Waals surface area contributed by atoms with Gasteiger partial charge < -0.3 is 5.11 Å². The summed E-state index contributed by atoms with van der Waals surface area (Å²) >= 11 is 0. The standard InChI is InChI=1S/C10H12N2O6S/c1-6-3-11-8(7(2)10(6)12(15)16)4-19(17,18)5-9(13)14/h3H,4-5H2,1-2H3,(H,13,14). The number of carboxylic acid groups (broad SMARTS) is 1. The second kappa shape index (κ2) is 5.31. The van der Waals surface area contributed by atoms with Crippen LogP contribution in [0.2, 0.25) is 0 Å². The predicted octanol–water partition coefficient (Wildman–Crippen LogP) is 0.606. The number of nitro groups is 1. The normalized spacial score (nSPS) is 11.3. The van der Waals surface area contributed by atoms with Crippen molar-refractivity contribution in [1.29, 1.82) is 0 Å². The molecular formula is C10H12N2O6S. The number of pyridine rings is 1. The van der Waals surface area contributed by atoms with Crippen LogP contribution in [0.4, 0.5) is 5.69 Å². The molecule has 8 nitrogen and oxygen atoms in total. The Morgan fingerprint density at radius 2 is 2.05 bits per heavy atom. The molecular weight excluding hydrogens is 276 g/mol. The van der Waals surface area contributed by atoms with E-state index in [9.17, 15) is 23.3 Å². The highest BCUT2D eigenvalue weighted by Gasteiger charge is 2.23. The molecule has 0 aliphatic rings. The summed E-state index contributed by atoms with van der Waals surface area (Å²) in [5, 5.41) is 19.3. The van der Waals surface area contributed by atoms with Gasteiger partial charge in [0, 0.05) is 17.3 Å². The van der Waals surface area contributed by atoms with Gasteiger partial charge in [-0.2, -0.15) is 0 Å². The van der Waals surface area contributed by atoms with Crippen molar-refractivity contribution in [1.82, 2.24) is 4.98 Å². The highest BCUT2D eigenvalue weighted by Crippen LogP contribution is 2.25. The van der Waals surface area contributed by atoms with Crippen LogP contribution < -0.4 is 0 Å². The van der Waals surface area contributed by atoms with E-state index >= 15 is 0 Å². The van der Waals surface area contributed by atoms with Crippen molar-refractivity contribution in [2.24, 2.45) is 0 Å². The summed E-state index contributed by atoms with van der Waals surface area (Å²) in [6.45, 7) is 2.89. The van der Waals surface area contributed by atoms with Gasteiger partial charge in [-0.1, -0.05) is 0 Å². The second-order valence-corrected chi connectivity index (χ2v) is 6.11. The van der Waals surface area contributed by atoms with E-state index in [0.717, 1.165) is 0 Å². The Balaban J connectivity index is 3.21. The van der Waals surface area contributed by atoms with E-state index in [0.29, 0.717) is 5.56 Å². The summed E-state index contributed by atoms with van der Waals surface area (Å²) in [6, 6.07) is 0. The Morgan fingerprint density at radius 3 is 2.53 bits per heavy atom. The van der Waals surface area contributed by atoms with Crippen LogP contribution in [0.1, 0.15) is 16.8 Å². The molecule has 0 saturated heterocycles. The summed E-state index contributed by atoms with van der Waals surface area (Å²) < 4.78 is 23.1. The number of nitrogens with zero attached hydrogens (tertiary/aromatic N) is 2. The van der Waals surface area contributed by atoms with Gasteiger partial charge in [-0.05, 0) is 13.8 Å². The topological polar surface area (TPSA) is 127 Å². The first-order chi connectivity index (χ1) is 8.64. The number of rotatable bonds is 5. The highest BCUT2D eigenvalue weighted by molar-refractivity contribution is 7.91. The average Bonchev–Trinajstić information content (AvgIpc) is 2.19. The minimum Gasteiger partial charge on any atom is -0.480 e.